The molecule has 0 aliphatic carbocycles. The molecule has 1 atom stereocenters. The van der Waals surface area contributed by atoms with Crippen LogP contribution in [0.3, 0.4) is 0 Å². The van der Waals surface area contributed by atoms with Crippen molar-refractivity contribution in [1.29, 1.82) is 0 Å². The molecule has 0 saturated carbocycles. The Morgan fingerprint density at radius 1 is 0.925 bits per heavy atom. The molecule has 1 aromatic rings. The second-order valence-corrected chi connectivity index (χ2v) is 26.2. The SMILES string of the molecule is CCN(CC)c1c([SiH](C)C)cc(C(C)[Si](OC)(OC)OC)c([SiH](C)C)c1CC[SiH2]CNCCC[Si](C)(OC)OC. The molecule has 0 spiro atoms. The molecule has 0 bridgehead atoms. The van der Waals surface area contributed by atoms with Crippen LogP contribution in [0.5, 0.6) is 0 Å². The first-order valence-electron chi connectivity index (χ1n) is 15.4. The monoisotopic (exact) mass is 646 g/mol. The van der Waals surface area contributed by atoms with Crippen LogP contribution in [-0.2, 0) is 28.6 Å². The van der Waals surface area contributed by atoms with Crippen molar-refractivity contribution in [2.75, 3.05) is 66.3 Å². The van der Waals surface area contributed by atoms with Crippen molar-refractivity contribution in [2.24, 2.45) is 0 Å². The molecule has 0 aliphatic rings. The van der Waals surface area contributed by atoms with Gasteiger partial charge in [0, 0.05) is 63.8 Å². The molecule has 7 nitrogen and oxygen atoms in total. The third-order valence-electron chi connectivity index (χ3n) is 8.51. The van der Waals surface area contributed by atoms with Gasteiger partial charge in [-0.1, -0.05) is 50.4 Å². The molecule has 1 rings (SSSR count). The maximum atomic E-state index is 6.02. The van der Waals surface area contributed by atoms with Crippen LogP contribution in [0, 0.1) is 0 Å². The molecule has 12 heteroatoms. The van der Waals surface area contributed by atoms with Crippen LogP contribution >= 0.6 is 0 Å². The molecule has 1 N–H and O–H groups in total. The summed E-state index contributed by atoms with van der Waals surface area (Å²) in [4.78, 5) is 2.63. The van der Waals surface area contributed by atoms with E-state index in [1.807, 2.05) is 0 Å². The Morgan fingerprint density at radius 3 is 1.95 bits per heavy atom. The average Bonchev–Trinajstić information content (AvgIpc) is 2.95. The van der Waals surface area contributed by atoms with Gasteiger partial charge in [0.1, 0.15) is 0 Å². The quantitative estimate of drug-likeness (QED) is 0.163. The van der Waals surface area contributed by atoms with Gasteiger partial charge in [-0.2, -0.15) is 0 Å². The van der Waals surface area contributed by atoms with Gasteiger partial charge < -0.3 is 32.3 Å². The third-order valence-corrected chi connectivity index (χ3v) is 19.7. The van der Waals surface area contributed by atoms with Gasteiger partial charge in [-0.15, -0.1) is 0 Å². The van der Waals surface area contributed by atoms with Crippen LogP contribution in [0.1, 0.15) is 43.9 Å². The van der Waals surface area contributed by atoms with Crippen molar-refractivity contribution in [3.63, 3.8) is 0 Å². The molecule has 0 amide bonds. The van der Waals surface area contributed by atoms with E-state index < -0.39 is 35.0 Å². The summed E-state index contributed by atoms with van der Waals surface area (Å²) in [7, 11) is 1.47. The summed E-state index contributed by atoms with van der Waals surface area (Å²) >= 11 is 0. The minimum absolute atomic E-state index is 0.0979. The number of benzene rings is 1. The zero-order chi connectivity index (χ0) is 30.5. The second kappa shape index (κ2) is 18.5. The van der Waals surface area contributed by atoms with E-state index in [9.17, 15) is 0 Å². The lowest BCUT2D eigenvalue weighted by Gasteiger charge is -2.36. The van der Waals surface area contributed by atoms with Crippen LogP contribution in [0.4, 0.5) is 5.69 Å². The highest BCUT2D eigenvalue weighted by molar-refractivity contribution is 6.75. The molecule has 0 aromatic heterocycles. The predicted molar refractivity (Wildman–Crippen MR) is 187 cm³/mol. The summed E-state index contributed by atoms with van der Waals surface area (Å²) in [5, 5.41) is 6.94. The molecule has 40 heavy (non-hydrogen) atoms. The Hall–Kier alpha value is -0.136. The summed E-state index contributed by atoms with van der Waals surface area (Å²) in [5.74, 6) is 0. The number of anilines is 1. The van der Waals surface area contributed by atoms with Crippen molar-refractivity contribution < 1.29 is 22.1 Å². The normalized spacial score (nSPS) is 13.8. The molecule has 0 aliphatic heterocycles. The summed E-state index contributed by atoms with van der Waals surface area (Å²) < 4.78 is 29.3. The maximum Gasteiger partial charge on any atom is 0.507 e. The van der Waals surface area contributed by atoms with Gasteiger partial charge in [0.25, 0.3) is 0 Å². The number of hydrogen-bond acceptors (Lipinski definition) is 7. The zero-order valence-corrected chi connectivity index (χ0v) is 33.9. The number of rotatable bonds is 21. The van der Waals surface area contributed by atoms with Gasteiger partial charge in [-0.3, -0.25) is 0 Å². The van der Waals surface area contributed by atoms with Crippen LogP contribution < -0.4 is 20.6 Å². The minimum Gasteiger partial charge on any atom is -0.398 e. The molecule has 0 fully saturated rings. The molecule has 0 radical (unpaired) electrons. The van der Waals surface area contributed by atoms with Crippen LogP contribution in [0.25, 0.3) is 0 Å². The van der Waals surface area contributed by atoms with E-state index in [2.05, 4.69) is 69.8 Å². The lowest BCUT2D eigenvalue weighted by molar-refractivity contribution is 0.114. The second-order valence-electron chi connectivity index (χ2n) is 11.6. The molecular weight excluding hydrogens is 585 g/mol. The minimum atomic E-state index is -2.85. The first kappa shape index (κ1) is 37.9. The van der Waals surface area contributed by atoms with Crippen LogP contribution in [0.2, 0.25) is 44.8 Å². The van der Waals surface area contributed by atoms with Crippen LogP contribution in [-0.4, -0.2) is 106 Å². The third kappa shape index (κ3) is 9.69. The molecule has 234 valence electrons. The highest BCUT2D eigenvalue weighted by atomic mass is 28.4. The molecule has 0 heterocycles. The fraction of sp³-hybridized carbons (Fsp3) is 0.786. The Labute approximate surface area is 254 Å². The van der Waals surface area contributed by atoms with Crippen molar-refractivity contribution >= 4 is 60.5 Å². The van der Waals surface area contributed by atoms with E-state index in [-0.39, 0.29) is 15.1 Å². The summed E-state index contributed by atoms with van der Waals surface area (Å²) in [6.45, 7) is 22.1. The van der Waals surface area contributed by atoms with Crippen LogP contribution in [0.15, 0.2) is 6.07 Å². The molecule has 1 unspecified atom stereocenters. The molecule has 0 saturated heterocycles. The molecular formula is C28H62N2O5Si5. The van der Waals surface area contributed by atoms with Gasteiger partial charge in [-0.05, 0) is 68.3 Å². The highest BCUT2D eigenvalue weighted by Gasteiger charge is 2.47. The first-order chi connectivity index (χ1) is 19.0. The smallest absolute Gasteiger partial charge is 0.398 e. The number of hydrogen-bond donors (Lipinski definition) is 1. The summed E-state index contributed by atoms with van der Waals surface area (Å²) in [6, 6.07) is 4.90. The Balaban J connectivity index is 3.37. The van der Waals surface area contributed by atoms with E-state index in [1.165, 1.54) is 24.2 Å². The van der Waals surface area contributed by atoms with Gasteiger partial charge in [0.15, 0.2) is 0 Å². The standard InChI is InChI=1S/C28H62N2O5Si5/c1-14-30(15-2)27-24(17-19-36-22-29-18-16-20-39(13,31-4)32-5)28(38(11)12)25(21-26(27)37(9)10)23(3)40(33-6,34-7)35-8/h21,23,29,37-38H,14-20,22,36H2,1-13H3. The van der Waals surface area contributed by atoms with E-state index in [0.717, 1.165) is 32.1 Å². The number of nitrogens with zero attached hydrogens (tertiary/aromatic N) is 1. The maximum absolute atomic E-state index is 6.02. The first-order valence-corrected chi connectivity index (χ1v) is 27.5. The van der Waals surface area contributed by atoms with E-state index in [0.29, 0.717) is 0 Å². The lowest BCUT2D eigenvalue weighted by Crippen LogP contribution is -2.51. The van der Waals surface area contributed by atoms with Gasteiger partial charge in [0.05, 0.1) is 23.1 Å². The zero-order valence-electron chi connectivity index (χ0n) is 28.2. The highest BCUT2D eigenvalue weighted by Crippen LogP contribution is 2.31. The van der Waals surface area contributed by atoms with E-state index in [4.69, 9.17) is 22.1 Å². The van der Waals surface area contributed by atoms with Crippen molar-refractivity contribution in [3.05, 3.63) is 17.2 Å². The largest absolute Gasteiger partial charge is 0.507 e. The topological polar surface area (TPSA) is 61.4 Å². The Morgan fingerprint density at radius 2 is 1.50 bits per heavy atom. The number of nitrogens with one attached hydrogen (secondary N) is 1. The van der Waals surface area contributed by atoms with Crippen molar-refractivity contribution in [3.8, 4) is 0 Å². The van der Waals surface area contributed by atoms with Crippen molar-refractivity contribution in [1.82, 2.24) is 5.32 Å². The fourth-order valence-electron chi connectivity index (χ4n) is 5.91. The van der Waals surface area contributed by atoms with E-state index in [1.54, 1.807) is 57.2 Å². The van der Waals surface area contributed by atoms with Gasteiger partial charge in [-0.25, -0.2) is 0 Å². The predicted octanol–water partition coefficient (Wildman–Crippen LogP) is 2.87. The lowest BCUT2D eigenvalue weighted by atomic mass is 10.0. The fourth-order valence-corrected chi connectivity index (χ4v) is 14.4. The van der Waals surface area contributed by atoms with Gasteiger partial charge in [0.2, 0.25) is 0 Å². The van der Waals surface area contributed by atoms with Crippen molar-refractivity contribution in [2.45, 2.75) is 84.0 Å². The Bertz CT molecular complexity index is 858. The average molecular weight is 647 g/mol. The van der Waals surface area contributed by atoms with E-state index >= 15 is 0 Å². The molecule has 1 aromatic carbocycles. The van der Waals surface area contributed by atoms with Gasteiger partial charge >= 0.3 is 17.4 Å². The Kier molecular flexibility index (Phi) is 17.5. The summed E-state index contributed by atoms with van der Waals surface area (Å²) in [6.07, 6.45) is 3.47. The summed E-state index contributed by atoms with van der Waals surface area (Å²) in [5.41, 5.74) is 4.72.